The second kappa shape index (κ2) is 4.03. The smallest absolute Gasteiger partial charge is 0.265 e. The Balaban J connectivity index is 2.71. The molecule has 0 amide bonds. The number of nitro groups is 2. The molecule has 12 nitrogen and oxygen atoms in total. The molecule has 0 atom stereocenters. The molecule has 0 N–H and O–H groups in total. The molecule has 0 radical (unpaired) electrons. The number of fused-ring (bicyclic) bond motifs is 2. The number of hydrogen-bond acceptors (Lipinski definition) is 8. The van der Waals surface area contributed by atoms with Crippen molar-refractivity contribution in [1.29, 1.82) is 0 Å². The molecule has 3 aromatic heterocycles. The summed E-state index contributed by atoms with van der Waals surface area (Å²) >= 11 is 0. The number of nitrogens with zero attached hydrogens (tertiary/aromatic N) is 6. The predicted octanol–water partition coefficient (Wildman–Crippen LogP) is -0.427. The molecule has 0 saturated carbocycles. The lowest BCUT2D eigenvalue weighted by atomic mass is 10.3. The molecular weight excluding hydrogens is 300 g/mol. The van der Waals surface area contributed by atoms with Crippen molar-refractivity contribution in [2.45, 2.75) is 13.8 Å². The summed E-state index contributed by atoms with van der Waals surface area (Å²) in [5, 5.41) is 29.4. The Morgan fingerprint density at radius 2 is 1.14 bits per heavy atom. The maximum absolute atomic E-state index is 12.3. The minimum absolute atomic E-state index is 0.146. The Hall–Kier alpha value is -3.44. The van der Waals surface area contributed by atoms with Gasteiger partial charge in [-0.05, 0) is 13.8 Å². The van der Waals surface area contributed by atoms with Gasteiger partial charge in [-0.2, -0.15) is 19.2 Å². The third-order valence-corrected chi connectivity index (χ3v) is 3.21. The second-order valence-corrected chi connectivity index (χ2v) is 4.51. The zero-order chi connectivity index (χ0) is 16.3. The number of aromatic nitrogens is 4. The highest BCUT2D eigenvalue weighted by Crippen LogP contribution is 2.23. The molecule has 0 aromatic carbocycles. The lowest BCUT2D eigenvalue weighted by Crippen LogP contribution is -2.27. The van der Waals surface area contributed by atoms with E-state index in [9.17, 15) is 29.8 Å². The topological polar surface area (TPSA) is 155 Å². The van der Waals surface area contributed by atoms with Crippen molar-refractivity contribution in [1.82, 2.24) is 19.2 Å². The van der Waals surface area contributed by atoms with Crippen molar-refractivity contribution in [3.05, 3.63) is 52.3 Å². The number of hydrogen-bond donors (Lipinski definition) is 0. The van der Waals surface area contributed by atoms with Crippen LogP contribution in [0.25, 0.3) is 11.0 Å². The Morgan fingerprint density at radius 3 is 1.41 bits per heavy atom. The predicted molar refractivity (Wildman–Crippen MR) is 70.5 cm³/mol. The van der Waals surface area contributed by atoms with Crippen LogP contribution < -0.4 is 11.1 Å². The molecule has 112 valence electrons. The standard InChI is InChI=1S/C10H6N6O6/c1-3-5(15(19)20)7-9(17)14-8(10(18)13(7)11-3)6(16(21)22)4(2)12-14/h1-2H3. The molecule has 0 aliphatic rings. The van der Waals surface area contributed by atoms with Crippen molar-refractivity contribution in [3.8, 4) is 0 Å². The van der Waals surface area contributed by atoms with Crippen LogP contribution in [-0.2, 0) is 0 Å². The van der Waals surface area contributed by atoms with Crippen LogP contribution in [0, 0.1) is 34.1 Å². The van der Waals surface area contributed by atoms with Gasteiger partial charge in [0.15, 0.2) is 0 Å². The SMILES string of the molecule is Cc1nn2c(=O)c3c([N+](=O)[O-])c(C)nn3c(=O)c2c1[N+](=O)[O-]. The van der Waals surface area contributed by atoms with Gasteiger partial charge in [-0.15, -0.1) is 0 Å². The van der Waals surface area contributed by atoms with Gasteiger partial charge in [0.1, 0.15) is 11.4 Å². The van der Waals surface area contributed by atoms with Gasteiger partial charge < -0.3 is 0 Å². The summed E-state index contributed by atoms with van der Waals surface area (Å²) in [5.41, 5.74) is -4.72. The van der Waals surface area contributed by atoms with E-state index in [0.717, 1.165) is 0 Å². The molecular formula is C10H6N6O6. The van der Waals surface area contributed by atoms with E-state index in [2.05, 4.69) is 10.2 Å². The quantitative estimate of drug-likeness (QED) is 0.456. The van der Waals surface area contributed by atoms with E-state index < -0.39 is 43.4 Å². The summed E-state index contributed by atoms with van der Waals surface area (Å²) in [6.07, 6.45) is 0. The van der Waals surface area contributed by atoms with Gasteiger partial charge in [0.2, 0.25) is 11.0 Å². The molecule has 12 heteroatoms. The monoisotopic (exact) mass is 306 g/mol. The number of aryl methyl sites for hydroxylation is 2. The molecule has 0 saturated heterocycles. The van der Waals surface area contributed by atoms with Crippen LogP contribution in [-0.4, -0.2) is 29.1 Å². The van der Waals surface area contributed by atoms with Crippen LogP contribution in [0.4, 0.5) is 11.4 Å². The highest BCUT2D eigenvalue weighted by Gasteiger charge is 2.32. The van der Waals surface area contributed by atoms with E-state index in [4.69, 9.17) is 0 Å². The summed E-state index contributed by atoms with van der Waals surface area (Å²) in [5.74, 6) is 0. The summed E-state index contributed by atoms with van der Waals surface area (Å²) in [6, 6.07) is 0. The van der Waals surface area contributed by atoms with E-state index in [1.54, 1.807) is 0 Å². The van der Waals surface area contributed by atoms with Crippen LogP contribution in [0.5, 0.6) is 0 Å². The molecule has 0 fully saturated rings. The van der Waals surface area contributed by atoms with Gasteiger partial charge in [-0.25, -0.2) is 0 Å². The van der Waals surface area contributed by atoms with Gasteiger partial charge in [-0.3, -0.25) is 29.8 Å². The molecule has 0 bridgehead atoms. The summed E-state index contributed by atoms with van der Waals surface area (Å²) in [7, 11) is 0. The van der Waals surface area contributed by atoms with E-state index in [-0.39, 0.29) is 11.4 Å². The lowest BCUT2D eigenvalue weighted by molar-refractivity contribution is -0.384. The van der Waals surface area contributed by atoms with Crippen molar-refractivity contribution in [3.63, 3.8) is 0 Å². The second-order valence-electron chi connectivity index (χ2n) is 4.51. The average molecular weight is 306 g/mol. The molecule has 3 heterocycles. The average Bonchev–Trinajstić information content (AvgIpc) is 2.93. The first kappa shape index (κ1) is 13.5. The Morgan fingerprint density at radius 1 is 0.818 bits per heavy atom. The third-order valence-electron chi connectivity index (χ3n) is 3.21. The first-order valence-corrected chi connectivity index (χ1v) is 5.83. The summed E-state index contributed by atoms with van der Waals surface area (Å²) in [4.78, 5) is 45.1. The minimum atomic E-state index is -1.02. The first-order chi connectivity index (χ1) is 10.3. The third kappa shape index (κ3) is 1.45. The molecule has 0 aliphatic heterocycles. The van der Waals surface area contributed by atoms with Crippen molar-refractivity contribution in [2.75, 3.05) is 0 Å². The zero-order valence-electron chi connectivity index (χ0n) is 11.1. The minimum Gasteiger partial charge on any atom is -0.265 e. The van der Waals surface area contributed by atoms with E-state index >= 15 is 0 Å². The fraction of sp³-hybridized carbons (Fsp3) is 0.200. The lowest BCUT2D eigenvalue weighted by Gasteiger charge is -1.93. The maximum atomic E-state index is 12.3. The van der Waals surface area contributed by atoms with Crippen LogP contribution in [0.15, 0.2) is 9.59 Å². The maximum Gasteiger partial charge on any atom is 0.323 e. The fourth-order valence-corrected chi connectivity index (χ4v) is 2.35. The van der Waals surface area contributed by atoms with Crippen molar-refractivity contribution < 1.29 is 9.85 Å². The fourth-order valence-electron chi connectivity index (χ4n) is 2.35. The van der Waals surface area contributed by atoms with Crippen LogP contribution >= 0.6 is 0 Å². The zero-order valence-corrected chi connectivity index (χ0v) is 11.1. The van der Waals surface area contributed by atoms with Gasteiger partial charge in [0, 0.05) is 0 Å². The van der Waals surface area contributed by atoms with Crippen LogP contribution in [0.3, 0.4) is 0 Å². The highest BCUT2D eigenvalue weighted by atomic mass is 16.6. The van der Waals surface area contributed by atoms with Gasteiger partial charge in [0.25, 0.3) is 0 Å². The molecule has 22 heavy (non-hydrogen) atoms. The van der Waals surface area contributed by atoms with E-state index in [1.165, 1.54) is 13.8 Å². The highest BCUT2D eigenvalue weighted by molar-refractivity contribution is 5.72. The van der Waals surface area contributed by atoms with Gasteiger partial charge in [-0.1, -0.05) is 0 Å². The first-order valence-electron chi connectivity index (χ1n) is 5.83. The van der Waals surface area contributed by atoms with Gasteiger partial charge >= 0.3 is 22.5 Å². The largest absolute Gasteiger partial charge is 0.323 e. The van der Waals surface area contributed by atoms with Crippen LogP contribution in [0.2, 0.25) is 0 Å². The molecule has 3 aromatic rings. The van der Waals surface area contributed by atoms with Gasteiger partial charge in [0.05, 0.1) is 9.85 Å². The molecule has 0 aliphatic carbocycles. The molecule has 0 spiro atoms. The Kier molecular flexibility index (Phi) is 2.48. The Labute approximate surface area is 118 Å². The van der Waals surface area contributed by atoms with Crippen molar-refractivity contribution >= 4 is 22.4 Å². The summed E-state index contributed by atoms with van der Waals surface area (Å²) in [6.45, 7) is 2.51. The molecule has 0 unspecified atom stereocenters. The van der Waals surface area contributed by atoms with E-state index in [1.807, 2.05) is 0 Å². The van der Waals surface area contributed by atoms with Crippen molar-refractivity contribution in [2.24, 2.45) is 0 Å². The normalized spacial score (nSPS) is 11.4. The van der Waals surface area contributed by atoms with Crippen LogP contribution in [0.1, 0.15) is 11.4 Å². The number of rotatable bonds is 2. The Bertz CT molecular complexity index is 1010. The van der Waals surface area contributed by atoms with E-state index in [0.29, 0.717) is 9.03 Å². The summed E-state index contributed by atoms with van der Waals surface area (Å²) < 4.78 is 1.03. The molecule has 3 rings (SSSR count).